The van der Waals surface area contributed by atoms with Crippen LogP contribution in [0.25, 0.3) is 0 Å². The highest BCUT2D eigenvalue weighted by molar-refractivity contribution is 5.70. The summed E-state index contributed by atoms with van der Waals surface area (Å²) in [5.74, 6) is -1.75. The van der Waals surface area contributed by atoms with Crippen LogP contribution in [0, 0.1) is 0 Å². The van der Waals surface area contributed by atoms with Gasteiger partial charge in [-0.3, -0.25) is 9.59 Å². The number of carboxylic acids is 1. The summed E-state index contributed by atoms with van der Waals surface area (Å²) in [4.78, 5) is 37.0. The van der Waals surface area contributed by atoms with Gasteiger partial charge in [-0.25, -0.2) is 0 Å². The van der Waals surface area contributed by atoms with Crippen LogP contribution in [0.15, 0.2) is 60.8 Å². The summed E-state index contributed by atoms with van der Waals surface area (Å²) in [6, 6.07) is -0.729. The first kappa shape index (κ1) is 59.0. The van der Waals surface area contributed by atoms with Gasteiger partial charge < -0.3 is 28.6 Å². The highest BCUT2D eigenvalue weighted by Gasteiger charge is 2.25. The van der Waals surface area contributed by atoms with Crippen molar-refractivity contribution < 1.29 is 38.2 Å². The van der Waals surface area contributed by atoms with E-state index in [0.29, 0.717) is 12.8 Å². The van der Waals surface area contributed by atoms with Crippen LogP contribution in [0.4, 0.5) is 0 Å². The molecule has 0 aromatic heterocycles. The van der Waals surface area contributed by atoms with Gasteiger partial charge in [0.25, 0.3) is 0 Å². The van der Waals surface area contributed by atoms with E-state index in [1.165, 1.54) is 103 Å². The van der Waals surface area contributed by atoms with Gasteiger partial charge in [0.1, 0.15) is 12.6 Å². The number of unbranched alkanes of at least 4 members (excludes halogenated alkanes) is 22. The first-order valence-electron chi connectivity index (χ1n) is 25.3. The first-order chi connectivity index (χ1) is 30.1. The van der Waals surface area contributed by atoms with Gasteiger partial charge >= 0.3 is 11.9 Å². The zero-order valence-electron chi connectivity index (χ0n) is 40.8. The molecule has 0 aromatic carbocycles. The molecule has 0 aliphatic rings. The molecule has 0 heterocycles. The van der Waals surface area contributed by atoms with E-state index >= 15 is 0 Å². The number of allylic oxidation sites excluding steroid dienone is 10. The van der Waals surface area contributed by atoms with Crippen LogP contribution in [-0.4, -0.2) is 75.5 Å². The fourth-order valence-corrected chi connectivity index (χ4v) is 7.25. The molecule has 8 nitrogen and oxygen atoms in total. The molecule has 62 heavy (non-hydrogen) atoms. The summed E-state index contributed by atoms with van der Waals surface area (Å²) in [6.07, 6.45) is 55.3. The number of likely N-dealkylation sites (N-methyl/N-ethyl adjacent to an activating group) is 1. The van der Waals surface area contributed by atoms with Crippen LogP contribution < -0.4 is 5.11 Å². The van der Waals surface area contributed by atoms with Crippen molar-refractivity contribution in [2.45, 2.75) is 225 Å². The van der Waals surface area contributed by atoms with Crippen molar-refractivity contribution in [3.63, 3.8) is 0 Å². The smallest absolute Gasteiger partial charge is 0.306 e. The predicted molar refractivity (Wildman–Crippen MR) is 259 cm³/mol. The molecule has 0 saturated carbocycles. The Morgan fingerprint density at radius 2 is 0.952 bits per heavy atom. The van der Waals surface area contributed by atoms with E-state index in [1.807, 2.05) is 0 Å². The monoisotopic (exact) mass is 870 g/mol. The van der Waals surface area contributed by atoms with Gasteiger partial charge in [-0.2, -0.15) is 0 Å². The van der Waals surface area contributed by atoms with Crippen molar-refractivity contribution in [3.8, 4) is 0 Å². The van der Waals surface area contributed by atoms with E-state index in [2.05, 4.69) is 74.6 Å². The second-order valence-corrected chi connectivity index (χ2v) is 18.1. The standard InChI is InChI=1S/C54H95NO7/c1-6-8-10-12-14-16-18-20-22-23-24-25-26-27-28-29-31-33-35-37-39-41-43-45-53(57)62-50(48-60-47-46-51(54(58)59)55(3,4)5)49-61-52(56)44-42-40-38-36-34-32-30-21-19-17-15-13-11-9-7-2/h8,10,14-17,19-22,50-51H,6-7,9,11-13,18,23-49H2,1-5H3/b10-8+,16-14+,17-15+,21-19+,22-20+. The zero-order chi connectivity index (χ0) is 45.6. The summed E-state index contributed by atoms with van der Waals surface area (Å²) < 4.78 is 17.2. The zero-order valence-corrected chi connectivity index (χ0v) is 40.8. The number of nitrogens with zero attached hydrogens (tertiary/aromatic N) is 1. The third-order valence-corrected chi connectivity index (χ3v) is 11.2. The molecule has 0 aliphatic heterocycles. The number of ether oxygens (including phenoxy) is 3. The second kappa shape index (κ2) is 44.6. The lowest BCUT2D eigenvalue weighted by molar-refractivity contribution is -0.889. The summed E-state index contributed by atoms with van der Waals surface area (Å²) in [6.45, 7) is 4.52. The summed E-state index contributed by atoms with van der Waals surface area (Å²) in [7, 11) is 5.41. The fourth-order valence-electron chi connectivity index (χ4n) is 7.25. The summed E-state index contributed by atoms with van der Waals surface area (Å²) in [5.41, 5.74) is 0. The molecule has 0 fully saturated rings. The first-order valence-corrected chi connectivity index (χ1v) is 25.3. The van der Waals surface area contributed by atoms with Gasteiger partial charge in [0.2, 0.25) is 0 Å². The van der Waals surface area contributed by atoms with Gasteiger partial charge in [-0.05, 0) is 70.6 Å². The van der Waals surface area contributed by atoms with E-state index in [9.17, 15) is 19.5 Å². The molecule has 0 aromatic rings. The molecule has 0 rings (SSSR count). The maximum atomic E-state index is 12.8. The van der Waals surface area contributed by atoms with Crippen molar-refractivity contribution in [1.82, 2.24) is 0 Å². The van der Waals surface area contributed by atoms with E-state index in [1.54, 1.807) is 21.1 Å². The number of carbonyl (C=O) groups excluding carboxylic acids is 3. The number of aliphatic carboxylic acids is 1. The number of rotatable bonds is 45. The molecular formula is C54H95NO7. The van der Waals surface area contributed by atoms with Gasteiger partial charge in [0.05, 0.1) is 40.3 Å². The molecular weight excluding hydrogens is 775 g/mol. The Morgan fingerprint density at radius 3 is 1.44 bits per heavy atom. The van der Waals surface area contributed by atoms with Crippen LogP contribution in [0.3, 0.4) is 0 Å². The number of quaternary nitrogens is 1. The fraction of sp³-hybridized carbons (Fsp3) is 0.759. The molecule has 2 atom stereocenters. The number of hydrogen-bond acceptors (Lipinski definition) is 7. The van der Waals surface area contributed by atoms with Crippen LogP contribution in [0.1, 0.15) is 213 Å². The molecule has 0 saturated heterocycles. The molecule has 0 N–H and O–H groups in total. The largest absolute Gasteiger partial charge is 0.544 e. The molecule has 0 spiro atoms. The van der Waals surface area contributed by atoms with E-state index in [0.717, 1.165) is 77.0 Å². The van der Waals surface area contributed by atoms with Gasteiger partial charge in [-0.15, -0.1) is 0 Å². The minimum Gasteiger partial charge on any atom is -0.544 e. The lowest BCUT2D eigenvalue weighted by Gasteiger charge is -2.34. The normalized spacial score (nSPS) is 13.4. The molecule has 0 radical (unpaired) electrons. The molecule has 0 amide bonds. The highest BCUT2D eigenvalue weighted by Crippen LogP contribution is 2.15. The Hall–Kier alpha value is -2.97. The molecule has 0 bridgehead atoms. The molecule has 2 unspecified atom stereocenters. The minimum atomic E-state index is -1.13. The van der Waals surface area contributed by atoms with E-state index < -0.39 is 18.1 Å². The maximum Gasteiger partial charge on any atom is 0.306 e. The molecule has 8 heteroatoms. The summed E-state index contributed by atoms with van der Waals surface area (Å²) in [5, 5.41) is 11.7. The maximum absolute atomic E-state index is 12.8. The Kier molecular flexibility index (Phi) is 42.5. The predicted octanol–water partition coefficient (Wildman–Crippen LogP) is 13.2. The van der Waals surface area contributed by atoms with Crippen molar-refractivity contribution in [2.75, 3.05) is 41.0 Å². The third kappa shape index (κ3) is 42.3. The van der Waals surface area contributed by atoms with Crippen molar-refractivity contribution in [3.05, 3.63) is 60.8 Å². The van der Waals surface area contributed by atoms with Crippen molar-refractivity contribution in [1.29, 1.82) is 0 Å². The quantitative estimate of drug-likeness (QED) is 0.0197. The van der Waals surface area contributed by atoms with Crippen molar-refractivity contribution in [2.24, 2.45) is 0 Å². The molecule has 0 aliphatic carbocycles. The summed E-state index contributed by atoms with van der Waals surface area (Å²) >= 11 is 0. The van der Waals surface area contributed by atoms with Gasteiger partial charge in [-0.1, -0.05) is 184 Å². The number of hydrogen-bond donors (Lipinski definition) is 0. The van der Waals surface area contributed by atoms with Crippen LogP contribution in [0.2, 0.25) is 0 Å². The SMILES string of the molecule is CC/C=C/C/C=C/C/C=C/CCCCCCCCCCCCCCCC(=O)OC(COCCC(C(=O)[O-])[N+](C)(C)C)COC(=O)CCCCCCCC/C=C/C=C/CCCCC. The Balaban J connectivity index is 4.23. The van der Waals surface area contributed by atoms with E-state index in [4.69, 9.17) is 14.2 Å². The highest BCUT2D eigenvalue weighted by atomic mass is 16.6. The number of carboxylic acid groups (broad SMARTS) is 1. The van der Waals surface area contributed by atoms with Gasteiger partial charge in [0.15, 0.2) is 6.10 Å². The Morgan fingerprint density at radius 1 is 0.516 bits per heavy atom. The second-order valence-electron chi connectivity index (χ2n) is 18.1. The average molecular weight is 870 g/mol. The minimum absolute atomic E-state index is 0.0358. The van der Waals surface area contributed by atoms with Crippen LogP contribution in [0.5, 0.6) is 0 Å². The lowest BCUT2D eigenvalue weighted by atomic mass is 10.0. The topological polar surface area (TPSA) is 102 Å². The van der Waals surface area contributed by atoms with Crippen molar-refractivity contribution >= 4 is 17.9 Å². The van der Waals surface area contributed by atoms with Crippen LogP contribution >= 0.6 is 0 Å². The average Bonchev–Trinajstić information content (AvgIpc) is 3.23. The lowest BCUT2D eigenvalue weighted by Crippen LogP contribution is -2.55. The van der Waals surface area contributed by atoms with E-state index in [-0.39, 0.29) is 42.7 Å². The van der Waals surface area contributed by atoms with Gasteiger partial charge in [0, 0.05) is 19.3 Å². The Bertz CT molecular complexity index is 1200. The number of esters is 2. The van der Waals surface area contributed by atoms with Crippen LogP contribution in [-0.2, 0) is 28.6 Å². The third-order valence-electron chi connectivity index (χ3n) is 11.2. The number of carbonyl (C=O) groups is 3. The molecule has 358 valence electrons. The Labute approximate surface area is 381 Å².